The van der Waals surface area contributed by atoms with Gasteiger partial charge in [0.1, 0.15) is 5.76 Å². The summed E-state index contributed by atoms with van der Waals surface area (Å²) in [6.45, 7) is 5.24. The summed E-state index contributed by atoms with van der Waals surface area (Å²) in [6, 6.07) is 3.88. The van der Waals surface area contributed by atoms with Crippen molar-refractivity contribution in [1.82, 2.24) is 15.1 Å². The lowest BCUT2D eigenvalue weighted by atomic mass is 10.2. The van der Waals surface area contributed by atoms with E-state index in [0.717, 1.165) is 31.4 Å². The summed E-state index contributed by atoms with van der Waals surface area (Å²) in [6.07, 6.45) is 3.04. The molecule has 0 aliphatic carbocycles. The summed E-state index contributed by atoms with van der Waals surface area (Å²) in [5, 5.41) is 3.37. The molecule has 0 bridgehead atoms. The molecule has 1 aromatic heterocycles. The Labute approximate surface area is 132 Å². The molecule has 1 aliphatic heterocycles. The van der Waals surface area contributed by atoms with Crippen LogP contribution in [0.1, 0.15) is 12.2 Å². The van der Waals surface area contributed by atoms with Gasteiger partial charge >= 0.3 is 0 Å². The fourth-order valence-electron chi connectivity index (χ4n) is 2.03. The highest BCUT2D eigenvalue weighted by Crippen LogP contribution is 2.05. The summed E-state index contributed by atoms with van der Waals surface area (Å²) in [7, 11) is 3.83. The van der Waals surface area contributed by atoms with Crippen molar-refractivity contribution in [1.29, 1.82) is 0 Å². The zero-order valence-electron chi connectivity index (χ0n) is 11.6. The first-order valence-corrected chi connectivity index (χ1v) is 6.46. The summed E-state index contributed by atoms with van der Waals surface area (Å²) in [5.74, 6) is 1.86. The molecule has 0 aromatic carbocycles. The van der Waals surface area contributed by atoms with Crippen molar-refractivity contribution in [3.8, 4) is 0 Å². The summed E-state index contributed by atoms with van der Waals surface area (Å²) in [4.78, 5) is 8.78. The molecule has 1 N–H and O–H groups in total. The van der Waals surface area contributed by atoms with Crippen molar-refractivity contribution in [2.75, 3.05) is 40.3 Å². The van der Waals surface area contributed by atoms with E-state index in [9.17, 15) is 0 Å². The molecule has 2 heterocycles. The van der Waals surface area contributed by atoms with E-state index in [1.807, 2.05) is 26.2 Å². The fraction of sp³-hybridized carbons (Fsp3) is 0.615. The largest absolute Gasteiger partial charge is 0.467 e. The van der Waals surface area contributed by atoms with Gasteiger partial charge in [0.05, 0.1) is 12.8 Å². The second-order valence-corrected chi connectivity index (χ2v) is 4.60. The van der Waals surface area contributed by atoms with Crippen molar-refractivity contribution in [3.63, 3.8) is 0 Å². The van der Waals surface area contributed by atoms with Crippen LogP contribution in [0.2, 0.25) is 0 Å². The van der Waals surface area contributed by atoms with Gasteiger partial charge in [0.25, 0.3) is 0 Å². The minimum Gasteiger partial charge on any atom is -0.467 e. The number of hydrogen-bond donors (Lipinski definition) is 1. The molecule has 1 saturated heterocycles. The van der Waals surface area contributed by atoms with Crippen LogP contribution in [0.15, 0.2) is 27.8 Å². The van der Waals surface area contributed by atoms with E-state index in [1.54, 1.807) is 6.26 Å². The first-order chi connectivity index (χ1) is 8.79. The monoisotopic (exact) mass is 378 g/mol. The maximum absolute atomic E-state index is 5.34. The van der Waals surface area contributed by atoms with Crippen LogP contribution in [-0.4, -0.2) is 56.0 Å². The predicted molar refractivity (Wildman–Crippen MR) is 88.0 cm³/mol. The van der Waals surface area contributed by atoms with E-state index in [4.69, 9.17) is 4.42 Å². The lowest BCUT2D eigenvalue weighted by Gasteiger charge is -2.31. The number of nitrogens with zero attached hydrogens (tertiary/aromatic N) is 3. The van der Waals surface area contributed by atoms with Crippen LogP contribution >= 0.6 is 24.0 Å². The van der Waals surface area contributed by atoms with Crippen LogP contribution in [0.4, 0.5) is 0 Å². The number of nitrogens with one attached hydrogen (secondary N) is 1. The molecule has 0 amide bonds. The zero-order valence-corrected chi connectivity index (χ0v) is 14.0. The molecule has 6 heteroatoms. The van der Waals surface area contributed by atoms with E-state index in [2.05, 4.69) is 20.1 Å². The number of likely N-dealkylation sites (tertiary alicyclic amines) is 1. The maximum atomic E-state index is 5.34. The van der Waals surface area contributed by atoms with Crippen LogP contribution in [0.5, 0.6) is 0 Å². The second kappa shape index (κ2) is 8.42. The number of hydrogen-bond acceptors (Lipinski definition) is 3. The molecular weight excluding hydrogens is 355 g/mol. The molecule has 1 fully saturated rings. The first-order valence-electron chi connectivity index (χ1n) is 6.46. The molecule has 0 radical (unpaired) electrons. The average Bonchev–Trinajstić information content (AvgIpc) is 2.79. The van der Waals surface area contributed by atoms with Gasteiger partial charge in [-0.1, -0.05) is 0 Å². The van der Waals surface area contributed by atoms with Gasteiger partial charge in [-0.3, -0.25) is 4.99 Å². The molecular formula is C13H23IN4O. The van der Waals surface area contributed by atoms with Gasteiger partial charge in [-0.2, -0.15) is 0 Å². The lowest BCUT2D eigenvalue weighted by molar-refractivity contribution is 0.184. The lowest BCUT2D eigenvalue weighted by Crippen LogP contribution is -2.45. The molecule has 1 aliphatic rings. The number of furan rings is 1. The van der Waals surface area contributed by atoms with Crippen molar-refractivity contribution < 1.29 is 4.42 Å². The SMILES string of the molecule is CN=C(NCCN1CCC1)N(C)Cc1ccco1.I. The van der Waals surface area contributed by atoms with Crippen molar-refractivity contribution in [2.24, 2.45) is 4.99 Å². The van der Waals surface area contributed by atoms with E-state index in [0.29, 0.717) is 0 Å². The Kier molecular flexibility index (Phi) is 7.22. The van der Waals surface area contributed by atoms with Crippen LogP contribution in [0.25, 0.3) is 0 Å². The van der Waals surface area contributed by atoms with Gasteiger partial charge in [-0.25, -0.2) is 0 Å². The second-order valence-electron chi connectivity index (χ2n) is 4.60. The van der Waals surface area contributed by atoms with Gasteiger partial charge in [-0.15, -0.1) is 24.0 Å². The standard InChI is InChI=1S/C13H22N4O.HI/c1-14-13(15-6-9-17-7-4-8-17)16(2)11-12-5-3-10-18-12;/h3,5,10H,4,6-9,11H2,1-2H3,(H,14,15);1H. The molecule has 108 valence electrons. The molecule has 0 saturated carbocycles. The summed E-state index contributed by atoms with van der Waals surface area (Å²) >= 11 is 0. The summed E-state index contributed by atoms with van der Waals surface area (Å²) < 4.78 is 5.34. The molecule has 0 atom stereocenters. The highest BCUT2D eigenvalue weighted by Gasteiger charge is 2.13. The maximum Gasteiger partial charge on any atom is 0.193 e. The van der Waals surface area contributed by atoms with Gasteiger partial charge in [0.15, 0.2) is 5.96 Å². The average molecular weight is 378 g/mol. The molecule has 5 nitrogen and oxygen atoms in total. The smallest absolute Gasteiger partial charge is 0.193 e. The molecule has 0 unspecified atom stereocenters. The van der Waals surface area contributed by atoms with E-state index < -0.39 is 0 Å². The Morgan fingerprint density at radius 3 is 2.84 bits per heavy atom. The molecule has 19 heavy (non-hydrogen) atoms. The quantitative estimate of drug-likeness (QED) is 0.481. The van der Waals surface area contributed by atoms with Crippen molar-refractivity contribution in [2.45, 2.75) is 13.0 Å². The number of guanidine groups is 1. The Morgan fingerprint density at radius 1 is 1.53 bits per heavy atom. The Hall–Kier alpha value is -0.760. The van der Waals surface area contributed by atoms with Gasteiger partial charge < -0.3 is 19.5 Å². The highest BCUT2D eigenvalue weighted by atomic mass is 127. The van der Waals surface area contributed by atoms with Crippen LogP contribution in [0.3, 0.4) is 0 Å². The van der Waals surface area contributed by atoms with Crippen LogP contribution in [0, 0.1) is 0 Å². The van der Waals surface area contributed by atoms with E-state index in [-0.39, 0.29) is 24.0 Å². The fourth-order valence-corrected chi connectivity index (χ4v) is 2.03. The summed E-state index contributed by atoms with van der Waals surface area (Å²) in [5.41, 5.74) is 0. The highest BCUT2D eigenvalue weighted by molar-refractivity contribution is 14.0. The van der Waals surface area contributed by atoms with Crippen molar-refractivity contribution in [3.05, 3.63) is 24.2 Å². The Balaban J connectivity index is 0.00000180. The third-order valence-electron chi connectivity index (χ3n) is 3.21. The number of aliphatic imine (C=N–C) groups is 1. The van der Waals surface area contributed by atoms with E-state index >= 15 is 0 Å². The molecule has 0 spiro atoms. The molecule has 2 rings (SSSR count). The zero-order chi connectivity index (χ0) is 12.8. The topological polar surface area (TPSA) is 44.0 Å². The Morgan fingerprint density at radius 2 is 2.32 bits per heavy atom. The van der Waals surface area contributed by atoms with Crippen LogP contribution < -0.4 is 5.32 Å². The minimum atomic E-state index is 0. The predicted octanol–water partition coefficient (Wildman–Crippen LogP) is 1.61. The van der Waals surface area contributed by atoms with Crippen molar-refractivity contribution >= 4 is 29.9 Å². The number of halogens is 1. The third kappa shape index (κ3) is 5.02. The first kappa shape index (κ1) is 16.3. The van der Waals surface area contributed by atoms with Crippen LogP contribution in [-0.2, 0) is 6.54 Å². The molecule has 1 aromatic rings. The Bertz CT molecular complexity index is 376. The number of rotatable bonds is 5. The minimum absolute atomic E-state index is 0. The normalized spacial score (nSPS) is 15.6. The van der Waals surface area contributed by atoms with Gasteiger partial charge in [0.2, 0.25) is 0 Å². The van der Waals surface area contributed by atoms with E-state index in [1.165, 1.54) is 19.5 Å². The van der Waals surface area contributed by atoms with Gasteiger partial charge in [0, 0.05) is 27.2 Å². The third-order valence-corrected chi connectivity index (χ3v) is 3.21. The van der Waals surface area contributed by atoms with Gasteiger partial charge in [-0.05, 0) is 31.6 Å².